The van der Waals surface area contributed by atoms with Gasteiger partial charge in [-0.25, -0.2) is 9.07 Å². The number of rotatable bonds is 8. The van der Waals surface area contributed by atoms with Gasteiger partial charge in [0.15, 0.2) is 5.69 Å². The second kappa shape index (κ2) is 11.0. The smallest absolute Gasteiger partial charge is 0.271 e. The second-order valence-electron chi connectivity index (χ2n) is 8.07. The zero-order valence-electron chi connectivity index (χ0n) is 19.8. The molecule has 0 aliphatic rings. The van der Waals surface area contributed by atoms with Crippen LogP contribution in [0.1, 0.15) is 20.8 Å². The Morgan fingerprint density at radius 1 is 0.974 bits per heavy atom. The SMILES string of the molecule is O=C(NCCn1ccnn1)c1cc(NC(=O)c2cc(-c3ccccn3)c(F)cc2Cl)n(-c2ccccc2)n1. The number of benzene rings is 2. The molecule has 2 N–H and O–H groups in total. The average Bonchev–Trinajstić information content (AvgIpc) is 3.60. The summed E-state index contributed by atoms with van der Waals surface area (Å²) in [4.78, 5) is 30.3. The largest absolute Gasteiger partial charge is 0.349 e. The Bertz CT molecular complexity index is 1570. The highest BCUT2D eigenvalue weighted by Crippen LogP contribution is 2.28. The summed E-state index contributed by atoms with van der Waals surface area (Å²) in [5, 5.41) is 17.4. The van der Waals surface area contributed by atoms with Gasteiger partial charge in [-0.1, -0.05) is 41.1 Å². The zero-order valence-corrected chi connectivity index (χ0v) is 20.5. The molecule has 0 saturated heterocycles. The van der Waals surface area contributed by atoms with Crippen molar-refractivity contribution in [1.82, 2.24) is 35.1 Å². The number of carbonyl (C=O) groups is 2. The van der Waals surface area contributed by atoms with E-state index >= 15 is 0 Å². The third-order valence-corrected chi connectivity index (χ3v) is 5.84. The lowest BCUT2D eigenvalue weighted by molar-refractivity contribution is 0.0945. The van der Waals surface area contributed by atoms with Crippen molar-refractivity contribution >= 4 is 29.2 Å². The number of nitrogens with one attached hydrogen (secondary N) is 2. The molecule has 0 aliphatic carbocycles. The molecule has 0 radical (unpaired) electrons. The highest BCUT2D eigenvalue weighted by atomic mass is 35.5. The third kappa shape index (κ3) is 5.42. The van der Waals surface area contributed by atoms with E-state index in [1.807, 2.05) is 6.07 Å². The molecule has 2 amide bonds. The van der Waals surface area contributed by atoms with Gasteiger partial charge >= 0.3 is 0 Å². The van der Waals surface area contributed by atoms with E-state index in [1.54, 1.807) is 59.5 Å². The lowest BCUT2D eigenvalue weighted by atomic mass is 10.1. The standard InChI is InChI=1S/C26H20ClFN8O2/c27-20-15-21(28)19(22-8-4-5-9-29-22)14-18(20)25(37)32-24-16-23(33-36(24)17-6-2-1-3-7-17)26(38)30-10-12-35-13-11-31-34-35/h1-9,11,13-16H,10,12H2,(H,30,38)(H,32,37). The maximum absolute atomic E-state index is 14.7. The molecule has 0 aliphatic heterocycles. The summed E-state index contributed by atoms with van der Waals surface area (Å²) < 4.78 is 17.7. The van der Waals surface area contributed by atoms with Crippen LogP contribution in [0.25, 0.3) is 16.9 Å². The average molecular weight is 531 g/mol. The molecule has 38 heavy (non-hydrogen) atoms. The van der Waals surface area contributed by atoms with E-state index in [0.717, 1.165) is 6.07 Å². The van der Waals surface area contributed by atoms with Gasteiger partial charge < -0.3 is 10.6 Å². The van der Waals surface area contributed by atoms with Crippen molar-refractivity contribution in [2.45, 2.75) is 6.54 Å². The first kappa shape index (κ1) is 24.8. The molecule has 0 fully saturated rings. The number of aromatic nitrogens is 6. The fourth-order valence-corrected chi connectivity index (χ4v) is 3.93. The van der Waals surface area contributed by atoms with E-state index in [1.165, 1.54) is 23.0 Å². The molecule has 0 unspecified atom stereocenters. The molecule has 3 heterocycles. The Labute approximate surface area is 221 Å². The third-order valence-electron chi connectivity index (χ3n) is 5.52. The van der Waals surface area contributed by atoms with E-state index in [9.17, 15) is 14.0 Å². The molecular formula is C26H20ClFN8O2. The number of hydrogen-bond acceptors (Lipinski definition) is 6. The number of carbonyl (C=O) groups excluding carboxylic acids is 2. The molecule has 0 spiro atoms. The Morgan fingerprint density at radius 3 is 2.53 bits per heavy atom. The van der Waals surface area contributed by atoms with Gasteiger partial charge in [0.2, 0.25) is 0 Å². The number of hydrogen-bond donors (Lipinski definition) is 2. The molecule has 0 atom stereocenters. The number of amides is 2. The van der Waals surface area contributed by atoms with Crippen molar-refractivity contribution in [3.05, 3.63) is 107 Å². The van der Waals surface area contributed by atoms with E-state index in [0.29, 0.717) is 24.5 Å². The lowest BCUT2D eigenvalue weighted by Gasteiger charge is -2.11. The van der Waals surface area contributed by atoms with E-state index in [-0.39, 0.29) is 27.7 Å². The van der Waals surface area contributed by atoms with Crippen molar-refractivity contribution in [2.75, 3.05) is 11.9 Å². The molecular weight excluding hydrogens is 511 g/mol. The van der Waals surface area contributed by atoms with Gasteiger partial charge in [-0.15, -0.1) is 5.10 Å². The number of nitrogens with zero attached hydrogens (tertiary/aromatic N) is 6. The van der Waals surface area contributed by atoms with Crippen LogP contribution in [0.2, 0.25) is 5.02 Å². The van der Waals surface area contributed by atoms with Crippen LogP contribution in [0.4, 0.5) is 10.2 Å². The predicted molar refractivity (Wildman–Crippen MR) is 139 cm³/mol. The van der Waals surface area contributed by atoms with E-state index in [2.05, 4.69) is 31.0 Å². The number of pyridine rings is 1. The van der Waals surface area contributed by atoms with Crippen LogP contribution < -0.4 is 10.6 Å². The normalized spacial score (nSPS) is 10.8. The van der Waals surface area contributed by atoms with Gasteiger partial charge in [0.1, 0.15) is 11.6 Å². The quantitative estimate of drug-likeness (QED) is 0.313. The van der Waals surface area contributed by atoms with Crippen LogP contribution in [0.15, 0.2) is 85.3 Å². The fraction of sp³-hybridized carbons (Fsp3) is 0.0769. The highest BCUT2D eigenvalue weighted by Gasteiger charge is 2.21. The molecule has 190 valence electrons. The lowest BCUT2D eigenvalue weighted by Crippen LogP contribution is -2.27. The predicted octanol–water partition coefficient (Wildman–Crippen LogP) is 4.00. The second-order valence-corrected chi connectivity index (χ2v) is 8.47. The van der Waals surface area contributed by atoms with Crippen LogP contribution in [0.5, 0.6) is 0 Å². The Morgan fingerprint density at radius 2 is 1.79 bits per heavy atom. The minimum Gasteiger partial charge on any atom is -0.349 e. The van der Waals surface area contributed by atoms with Crippen LogP contribution in [-0.2, 0) is 6.54 Å². The summed E-state index contributed by atoms with van der Waals surface area (Å²) in [5.41, 5.74) is 1.22. The van der Waals surface area contributed by atoms with Crippen molar-refractivity contribution in [2.24, 2.45) is 0 Å². The Hall–Kier alpha value is -4.90. The summed E-state index contributed by atoms with van der Waals surface area (Å²) in [6, 6.07) is 17.9. The first-order chi connectivity index (χ1) is 18.5. The summed E-state index contributed by atoms with van der Waals surface area (Å²) in [6.07, 6.45) is 4.76. The Kier molecular flexibility index (Phi) is 7.18. The van der Waals surface area contributed by atoms with Gasteiger partial charge in [0.05, 0.1) is 34.7 Å². The summed E-state index contributed by atoms with van der Waals surface area (Å²) in [5.74, 6) is -1.43. The van der Waals surface area contributed by atoms with Crippen LogP contribution >= 0.6 is 11.6 Å². The van der Waals surface area contributed by atoms with Gasteiger partial charge in [-0.05, 0) is 36.4 Å². The molecule has 12 heteroatoms. The molecule has 2 aromatic carbocycles. The summed E-state index contributed by atoms with van der Waals surface area (Å²) >= 11 is 6.24. The van der Waals surface area contributed by atoms with Gasteiger partial charge in [-0.2, -0.15) is 5.10 Å². The molecule has 5 rings (SSSR count). The van der Waals surface area contributed by atoms with Crippen LogP contribution in [0.3, 0.4) is 0 Å². The maximum Gasteiger partial charge on any atom is 0.271 e. The first-order valence-corrected chi connectivity index (χ1v) is 11.9. The van der Waals surface area contributed by atoms with Gasteiger partial charge in [0, 0.05) is 30.6 Å². The van der Waals surface area contributed by atoms with Gasteiger partial charge in [0.25, 0.3) is 11.8 Å². The monoisotopic (exact) mass is 530 g/mol. The topological polar surface area (TPSA) is 120 Å². The van der Waals surface area contributed by atoms with Crippen molar-refractivity contribution in [1.29, 1.82) is 0 Å². The van der Waals surface area contributed by atoms with Crippen molar-refractivity contribution < 1.29 is 14.0 Å². The molecule has 0 bridgehead atoms. The highest BCUT2D eigenvalue weighted by molar-refractivity contribution is 6.34. The molecule has 5 aromatic rings. The van der Waals surface area contributed by atoms with Crippen molar-refractivity contribution in [3.8, 4) is 16.9 Å². The minimum atomic E-state index is -0.609. The van der Waals surface area contributed by atoms with E-state index in [4.69, 9.17) is 11.6 Å². The zero-order chi connectivity index (χ0) is 26.5. The fourth-order valence-electron chi connectivity index (χ4n) is 3.70. The minimum absolute atomic E-state index is 0.0355. The maximum atomic E-state index is 14.7. The number of anilines is 1. The number of halogens is 2. The van der Waals surface area contributed by atoms with Crippen molar-refractivity contribution in [3.63, 3.8) is 0 Å². The van der Waals surface area contributed by atoms with Crippen LogP contribution in [-0.4, -0.2) is 48.1 Å². The summed E-state index contributed by atoms with van der Waals surface area (Å²) in [6.45, 7) is 0.722. The van der Waals surface area contributed by atoms with Crippen LogP contribution in [0, 0.1) is 5.82 Å². The van der Waals surface area contributed by atoms with E-state index < -0.39 is 17.6 Å². The Balaban J connectivity index is 1.42. The van der Waals surface area contributed by atoms with Gasteiger partial charge in [-0.3, -0.25) is 19.3 Å². The number of para-hydroxylation sites is 1. The molecule has 3 aromatic heterocycles. The first-order valence-electron chi connectivity index (χ1n) is 11.5. The summed E-state index contributed by atoms with van der Waals surface area (Å²) in [7, 11) is 0. The molecule has 0 saturated carbocycles. The molecule has 10 nitrogen and oxygen atoms in total.